The van der Waals surface area contributed by atoms with Crippen LogP contribution in [0, 0.1) is 0 Å². The van der Waals surface area contributed by atoms with Crippen molar-refractivity contribution in [2.75, 3.05) is 12.4 Å². The van der Waals surface area contributed by atoms with Crippen LogP contribution in [0.5, 0.6) is 5.75 Å². The summed E-state index contributed by atoms with van der Waals surface area (Å²) in [6.07, 6.45) is 0. The van der Waals surface area contributed by atoms with Gasteiger partial charge in [0.2, 0.25) is 0 Å². The van der Waals surface area contributed by atoms with Crippen LogP contribution in [-0.4, -0.2) is 46.5 Å². The number of amides is 2. The van der Waals surface area contributed by atoms with Crippen LogP contribution in [0.4, 0.5) is 0 Å². The van der Waals surface area contributed by atoms with Crippen molar-refractivity contribution in [1.29, 1.82) is 0 Å². The summed E-state index contributed by atoms with van der Waals surface area (Å²) in [5, 5.41) is 2.38. The van der Waals surface area contributed by atoms with E-state index in [1.54, 1.807) is 12.1 Å². The molecule has 7 nitrogen and oxygen atoms in total. The number of rotatable bonds is 7. The average molecular weight is 439 g/mol. The molecule has 2 aromatic rings. The van der Waals surface area contributed by atoms with E-state index >= 15 is 0 Å². The molecular formula is C23H22N2O5S. The van der Waals surface area contributed by atoms with Crippen molar-refractivity contribution < 1.29 is 23.9 Å². The quantitative estimate of drug-likeness (QED) is 0.528. The Balaban J connectivity index is 1.35. The number of nitrogens with zero attached hydrogens (tertiary/aromatic N) is 1. The van der Waals surface area contributed by atoms with Crippen LogP contribution in [0.25, 0.3) is 0 Å². The van der Waals surface area contributed by atoms with Crippen LogP contribution >= 0.6 is 11.8 Å². The summed E-state index contributed by atoms with van der Waals surface area (Å²) in [5.41, 5.74) is 1.93. The van der Waals surface area contributed by atoms with Gasteiger partial charge < -0.3 is 14.8 Å². The van der Waals surface area contributed by atoms with Gasteiger partial charge in [-0.25, -0.2) is 4.79 Å². The zero-order chi connectivity index (χ0) is 21.8. The first-order valence-electron chi connectivity index (χ1n) is 9.87. The summed E-state index contributed by atoms with van der Waals surface area (Å²) < 4.78 is 10.9. The maximum atomic E-state index is 12.8. The second kappa shape index (κ2) is 9.26. The molecule has 2 atom stereocenters. The Morgan fingerprint density at radius 2 is 1.77 bits per heavy atom. The summed E-state index contributed by atoms with van der Waals surface area (Å²) >= 11 is 1.51. The molecule has 0 aliphatic carbocycles. The molecule has 2 aliphatic heterocycles. The van der Waals surface area contributed by atoms with Crippen LogP contribution in [-0.2, 0) is 25.7 Å². The van der Waals surface area contributed by atoms with Gasteiger partial charge in [-0.3, -0.25) is 14.5 Å². The summed E-state index contributed by atoms with van der Waals surface area (Å²) in [6.45, 7) is 1.76. The van der Waals surface area contributed by atoms with Gasteiger partial charge in [0, 0.05) is 5.75 Å². The minimum atomic E-state index is -0.693. The molecule has 4 rings (SSSR count). The van der Waals surface area contributed by atoms with E-state index in [-0.39, 0.29) is 36.1 Å². The molecule has 8 heteroatoms. The number of nitrogens with one attached hydrogen (secondary N) is 1. The average Bonchev–Trinajstić information content (AvgIpc) is 2.80. The van der Waals surface area contributed by atoms with Crippen molar-refractivity contribution in [1.82, 2.24) is 10.2 Å². The maximum Gasteiger partial charge on any atom is 0.355 e. The molecule has 1 N–H and O–H groups in total. The lowest BCUT2D eigenvalue weighted by Gasteiger charge is -2.49. The highest BCUT2D eigenvalue weighted by Crippen LogP contribution is 2.40. The van der Waals surface area contributed by atoms with Gasteiger partial charge in [-0.2, -0.15) is 0 Å². The van der Waals surface area contributed by atoms with E-state index in [1.165, 1.54) is 16.7 Å². The minimum Gasteiger partial charge on any atom is -0.484 e. The number of para-hydroxylation sites is 1. The number of carbonyl (C=O) groups excluding carboxylic acids is 3. The van der Waals surface area contributed by atoms with Crippen molar-refractivity contribution in [2.24, 2.45) is 0 Å². The molecule has 0 spiro atoms. The Hall–Kier alpha value is -3.26. The second-order valence-electron chi connectivity index (χ2n) is 7.25. The summed E-state index contributed by atoms with van der Waals surface area (Å²) in [6, 6.07) is 17.6. The van der Waals surface area contributed by atoms with E-state index in [9.17, 15) is 14.4 Å². The second-order valence-corrected chi connectivity index (χ2v) is 8.35. The highest BCUT2D eigenvalue weighted by molar-refractivity contribution is 8.00. The van der Waals surface area contributed by atoms with Gasteiger partial charge in [0.15, 0.2) is 6.61 Å². The molecule has 0 bridgehead atoms. The predicted octanol–water partition coefficient (Wildman–Crippen LogP) is 2.48. The monoisotopic (exact) mass is 438 g/mol. The topological polar surface area (TPSA) is 84.9 Å². The lowest BCUT2D eigenvalue weighted by molar-refractivity contribution is -0.153. The molecule has 1 saturated heterocycles. The van der Waals surface area contributed by atoms with Gasteiger partial charge in [-0.1, -0.05) is 48.5 Å². The first kappa shape index (κ1) is 21.0. The molecule has 160 valence electrons. The Labute approximate surface area is 184 Å². The highest BCUT2D eigenvalue weighted by atomic mass is 32.2. The number of carbonyl (C=O) groups is 3. The third kappa shape index (κ3) is 4.59. The lowest BCUT2D eigenvalue weighted by Crippen LogP contribution is -2.70. The van der Waals surface area contributed by atoms with E-state index in [4.69, 9.17) is 9.47 Å². The summed E-state index contributed by atoms with van der Waals surface area (Å²) in [5.74, 6) is -0.0828. The lowest BCUT2D eigenvalue weighted by atomic mass is 10.0. The number of fused-ring (bicyclic) bond motifs is 1. The standard InChI is InChI=1S/C23H22N2O5S/c1-15-14-31-22-19(24-18(26)13-29-17-10-6-3-7-11-17)21(27)25(22)20(15)23(28)30-12-16-8-4-2-5-9-16/h2-11,19,22H,12-14H2,1H3,(H,24,26)/t19?,22-/m1/s1. The van der Waals surface area contributed by atoms with Crippen molar-refractivity contribution in [2.45, 2.75) is 24.9 Å². The van der Waals surface area contributed by atoms with E-state index in [0.717, 1.165) is 11.1 Å². The SMILES string of the molecule is CC1=C(C(=O)OCc2ccccc2)N2C(=O)C(NC(=O)COc3ccccc3)[C@H]2SC1. The van der Waals surface area contributed by atoms with Gasteiger partial charge in [-0.15, -0.1) is 11.8 Å². The number of esters is 1. The van der Waals surface area contributed by atoms with Gasteiger partial charge in [0.1, 0.15) is 29.5 Å². The Kier molecular flexibility index (Phi) is 6.27. The van der Waals surface area contributed by atoms with Gasteiger partial charge in [-0.05, 0) is 30.2 Å². The van der Waals surface area contributed by atoms with Crippen molar-refractivity contribution in [3.8, 4) is 5.75 Å². The van der Waals surface area contributed by atoms with Crippen LogP contribution in [0.2, 0.25) is 0 Å². The molecular weight excluding hydrogens is 416 g/mol. The van der Waals surface area contributed by atoms with Gasteiger partial charge in [0.05, 0.1) is 0 Å². The Morgan fingerprint density at radius 1 is 1.10 bits per heavy atom. The van der Waals surface area contributed by atoms with E-state index in [0.29, 0.717) is 11.5 Å². The van der Waals surface area contributed by atoms with Crippen LogP contribution < -0.4 is 10.1 Å². The molecule has 1 unspecified atom stereocenters. The fourth-order valence-corrected chi connectivity index (χ4v) is 4.73. The molecule has 2 aliphatic rings. The van der Waals surface area contributed by atoms with Crippen molar-refractivity contribution in [3.05, 3.63) is 77.5 Å². The smallest absolute Gasteiger partial charge is 0.355 e. The normalized spacial score (nSPS) is 19.9. The third-order valence-corrected chi connectivity index (χ3v) is 6.42. The van der Waals surface area contributed by atoms with Crippen LogP contribution in [0.1, 0.15) is 12.5 Å². The maximum absolute atomic E-state index is 12.8. The zero-order valence-corrected chi connectivity index (χ0v) is 17.8. The van der Waals surface area contributed by atoms with Gasteiger partial charge in [0.25, 0.3) is 11.8 Å². The molecule has 0 radical (unpaired) electrons. The number of benzene rings is 2. The predicted molar refractivity (Wildman–Crippen MR) is 116 cm³/mol. The van der Waals surface area contributed by atoms with E-state index in [2.05, 4.69) is 5.32 Å². The van der Waals surface area contributed by atoms with Crippen molar-refractivity contribution >= 4 is 29.5 Å². The van der Waals surface area contributed by atoms with E-state index < -0.39 is 12.0 Å². The number of hydrogen-bond acceptors (Lipinski definition) is 6. The Bertz CT molecular complexity index is 1010. The number of β-lactam (4-membered cyclic amide) rings is 1. The Morgan fingerprint density at radius 3 is 2.48 bits per heavy atom. The van der Waals surface area contributed by atoms with Crippen molar-refractivity contribution in [3.63, 3.8) is 0 Å². The molecule has 2 aromatic carbocycles. The van der Waals surface area contributed by atoms with Crippen LogP contribution in [0.15, 0.2) is 71.9 Å². The van der Waals surface area contributed by atoms with Gasteiger partial charge >= 0.3 is 5.97 Å². The number of ether oxygens (including phenoxy) is 2. The minimum absolute atomic E-state index is 0.132. The molecule has 1 fully saturated rings. The molecule has 0 saturated carbocycles. The highest BCUT2D eigenvalue weighted by Gasteiger charge is 2.54. The molecule has 2 amide bonds. The third-order valence-electron chi connectivity index (χ3n) is 4.99. The zero-order valence-electron chi connectivity index (χ0n) is 16.9. The molecule has 2 heterocycles. The molecule has 0 aromatic heterocycles. The fraction of sp³-hybridized carbons (Fsp3) is 0.261. The first-order chi connectivity index (χ1) is 15.0. The van der Waals surface area contributed by atoms with Crippen LogP contribution in [0.3, 0.4) is 0 Å². The largest absolute Gasteiger partial charge is 0.484 e. The fourth-order valence-electron chi connectivity index (χ4n) is 3.43. The summed E-state index contributed by atoms with van der Waals surface area (Å²) in [7, 11) is 0. The first-order valence-corrected chi connectivity index (χ1v) is 10.9. The number of hydrogen-bond donors (Lipinski definition) is 1. The summed E-state index contributed by atoms with van der Waals surface area (Å²) in [4.78, 5) is 39.2. The number of thioether (sulfide) groups is 1. The molecule has 31 heavy (non-hydrogen) atoms. The van der Waals surface area contributed by atoms with E-state index in [1.807, 2.05) is 55.5 Å².